The predicted octanol–water partition coefficient (Wildman–Crippen LogP) is -1.02. The molecule has 1 aliphatic heterocycles. The second-order valence-corrected chi connectivity index (χ2v) is 7.64. The van der Waals surface area contributed by atoms with Crippen LogP contribution in [0.4, 0.5) is 0 Å². The Kier molecular flexibility index (Phi) is 4.74. The van der Waals surface area contributed by atoms with Crippen LogP contribution in [-0.4, -0.2) is 61.1 Å². The summed E-state index contributed by atoms with van der Waals surface area (Å²) in [5.41, 5.74) is 4.23. The molecule has 1 heterocycles. The Morgan fingerprint density at radius 1 is 1.39 bits per heavy atom. The number of rotatable bonds is 7. The van der Waals surface area contributed by atoms with Crippen molar-refractivity contribution >= 4 is 15.7 Å². The van der Waals surface area contributed by atoms with Crippen molar-refractivity contribution in [1.82, 2.24) is 4.90 Å². The standard InChI is InChI=1S/C11H22N2O4S/c1-9(2)11(15)7-13(8-11)4-6-18(16,17)5-3-10(12)14/h9,15H,3-8H2,1-2H3,(H2,12,14). The van der Waals surface area contributed by atoms with Crippen LogP contribution in [-0.2, 0) is 14.6 Å². The fourth-order valence-electron chi connectivity index (χ4n) is 1.88. The molecule has 0 aromatic rings. The van der Waals surface area contributed by atoms with E-state index in [1.54, 1.807) is 0 Å². The molecule has 1 fully saturated rings. The smallest absolute Gasteiger partial charge is 0.218 e. The van der Waals surface area contributed by atoms with E-state index < -0.39 is 21.3 Å². The van der Waals surface area contributed by atoms with Crippen LogP contribution in [0.15, 0.2) is 0 Å². The first-order chi connectivity index (χ1) is 8.15. The van der Waals surface area contributed by atoms with Gasteiger partial charge in [-0.25, -0.2) is 8.42 Å². The summed E-state index contributed by atoms with van der Waals surface area (Å²) in [7, 11) is -3.23. The van der Waals surface area contributed by atoms with Gasteiger partial charge < -0.3 is 10.8 Å². The summed E-state index contributed by atoms with van der Waals surface area (Å²) in [4.78, 5) is 12.4. The predicted molar refractivity (Wildman–Crippen MR) is 68.7 cm³/mol. The van der Waals surface area contributed by atoms with Gasteiger partial charge in [0.1, 0.15) is 0 Å². The number of hydrogen-bond donors (Lipinski definition) is 2. The van der Waals surface area contributed by atoms with Gasteiger partial charge in [0.15, 0.2) is 9.84 Å². The highest BCUT2D eigenvalue weighted by molar-refractivity contribution is 7.91. The average molecular weight is 278 g/mol. The number of nitrogens with two attached hydrogens (primary N) is 1. The van der Waals surface area contributed by atoms with Crippen LogP contribution in [0.1, 0.15) is 20.3 Å². The zero-order valence-corrected chi connectivity index (χ0v) is 11.7. The van der Waals surface area contributed by atoms with Crippen molar-refractivity contribution in [3.05, 3.63) is 0 Å². The topological polar surface area (TPSA) is 101 Å². The molecule has 1 rings (SSSR count). The summed E-state index contributed by atoms with van der Waals surface area (Å²) in [6.45, 7) is 5.31. The number of carbonyl (C=O) groups is 1. The summed E-state index contributed by atoms with van der Waals surface area (Å²) in [5.74, 6) is -0.615. The van der Waals surface area contributed by atoms with Crippen molar-refractivity contribution in [3.63, 3.8) is 0 Å². The number of primary amides is 1. The first-order valence-electron chi connectivity index (χ1n) is 6.08. The Hall–Kier alpha value is -0.660. The van der Waals surface area contributed by atoms with E-state index in [-0.39, 0.29) is 23.8 Å². The Morgan fingerprint density at radius 2 is 1.94 bits per heavy atom. The van der Waals surface area contributed by atoms with Crippen LogP contribution in [0.2, 0.25) is 0 Å². The zero-order valence-electron chi connectivity index (χ0n) is 10.9. The van der Waals surface area contributed by atoms with Crippen molar-refractivity contribution in [2.75, 3.05) is 31.1 Å². The highest BCUT2D eigenvalue weighted by Crippen LogP contribution is 2.28. The Labute approximate surface area is 108 Å². The van der Waals surface area contributed by atoms with E-state index in [0.29, 0.717) is 19.6 Å². The van der Waals surface area contributed by atoms with Gasteiger partial charge in [0.05, 0.1) is 17.1 Å². The van der Waals surface area contributed by atoms with Gasteiger partial charge in [0, 0.05) is 26.1 Å². The van der Waals surface area contributed by atoms with E-state index >= 15 is 0 Å². The average Bonchev–Trinajstić information content (AvgIpc) is 2.20. The van der Waals surface area contributed by atoms with Gasteiger partial charge in [-0.1, -0.05) is 13.8 Å². The molecular weight excluding hydrogens is 256 g/mol. The molecule has 0 aromatic heterocycles. The van der Waals surface area contributed by atoms with Gasteiger partial charge in [-0.2, -0.15) is 0 Å². The molecule has 3 N–H and O–H groups in total. The molecule has 18 heavy (non-hydrogen) atoms. The Morgan fingerprint density at radius 3 is 2.39 bits per heavy atom. The fraction of sp³-hybridized carbons (Fsp3) is 0.909. The molecule has 0 unspecified atom stereocenters. The number of aliphatic hydroxyl groups is 1. The maximum Gasteiger partial charge on any atom is 0.218 e. The molecule has 0 atom stereocenters. The van der Waals surface area contributed by atoms with E-state index in [1.807, 2.05) is 18.7 Å². The molecule has 1 saturated heterocycles. The zero-order chi connectivity index (χ0) is 14.0. The number of sulfone groups is 1. The Bertz CT molecular complexity index is 399. The summed E-state index contributed by atoms with van der Waals surface area (Å²) < 4.78 is 23.2. The van der Waals surface area contributed by atoms with E-state index in [9.17, 15) is 18.3 Å². The van der Waals surface area contributed by atoms with Crippen molar-refractivity contribution in [2.24, 2.45) is 11.7 Å². The van der Waals surface area contributed by atoms with Crippen LogP contribution < -0.4 is 5.73 Å². The lowest BCUT2D eigenvalue weighted by Gasteiger charge is -2.49. The van der Waals surface area contributed by atoms with Crippen molar-refractivity contribution in [1.29, 1.82) is 0 Å². The normalized spacial score (nSPS) is 19.8. The maximum atomic E-state index is 11.6. The van der Waals surface area contributed by atoms with Crippen LogP contribution in [0.3, 0.4) is 0 Å². The van der Waals surface area contributed by atoms with E-state index in [4.69, 9.17) is 5.73 Å². The molecule has 6 nitrogen and oxygen atoms in total. The second kappa shape index (κ2) is 5.54. The largest absolute Gasteiger partial charge is 0.387 e. The third kappa shape index (κ3) is 4.22. The van der Waals surface area contributed by atoms with Crippen LogP contribution in [0.25, 0.3) is 0 Å². The molecule has 1 amide bonds. The van der Waals surface area contributed by atoms with E-state index in [1.165, 1.54) is 0 Å². The number of β-amino-alcohol motifs (C(OH)–C–C–N with tert-alkyl or cyclic N) is 1. The minimum atomic E-state index is -3.23. The van der Waals surface area contributed by atoms with Gasteiger partial charge in [-0.15, -0.1) is 0 Å². The van der Waals surface area contributed by atoms with Crippen molar-refractivity contribution in [3.8, 4) is 0 Å². The number of nitrogens with zero attached hydrogens (tertiary/aromatic N) is 1. The lowest BCUT2D eigenvalue weighted by atomic mass is 9.83. The maximum absolute atomic E-state index is 11.6. The van der Waals surface area contributed by atoms with Gasteiger partial charge in [0.25, 0.3) is 0 Å². The summed E-state index contributed by atoms with van der Waals surface area (Å²) in [6.07, 6.45) is -0.127. The van der Waals surface area contributed by atoms with Crippen molar-refractivity contribution in [2.45, 2.75) is 25.9 Å². The van der Waals surface area contributed by atoms with Gasteiger partial charge in [0.2, 0.25) is 5.91 Å². The summed E-state index contributed by atoms with van der Waals surface area (Å²) in [6, 6.07) is 0. The molecule has 0 aliphatic carbocycles. The molecule has 1 aliphatic rings. The molecular formula is C11H22N2O4S. The van der Waals surface area contributed by atoms with Gasteiger partial charge in [-0.05, 0) is 5.92 Å². The Balaban J connectivity index is 2.29. The highest BCUT2D eigenvalue weighted by atomic mass is 32.2. The molecule has 0 radical (unpaired) electrons. The lowest BCUT2D eigenvalue weighted by Crippen LogP contribution is -2.65. The highest BCUT2D eigenvalue weighted by Gasteiger charge is 2.43. The van der Waals surface area contributed by atoms with Crippen molar-refractivity contribution < 1.29 is 18.3 Å². The third-order valence-corrected chi connectivity index (χ3v) is 5.08. The molecule has 0 saturated carbocycles. The minimum Gasteiger partial charge on any atom is -0.387 e. The number of carbonyl (C=O) groups excluding carboxylic acids is 1. The third-order valence-electron chi connectivity index (χ3n) is 3.45. The van der Waals surface area contributed by atoms with E-state index in [0.717, 1.165) is 0 Å². The van der Waals surface area contributed by atoms with Crippen LogP contribution in [0, 0.1) is 5.92 Å². The second-order valence-electron chi connectivity index (χ2n) is 5.34. The monoisotopic (exact) mass is 278 g/mol. The molecule has 0 aromatic carbocycles. The molecule has 0 bridgehead atoms. The first kappa shape index (κ1) is 15.4. The fourth-order valence-corrected chi connectivity index (χ4v) is 3.13. The SMILES string of the molecule is CC(C)C1(O)CN(CCS(=O)(=O)CCC(N)=O)C1. The lowest BCUT2D eigenvalue weighted by molar-refractivity contribution is -0.125. The summed E-state index contributed by atoms with van der Waals surface area (Å²) >= 11 is 0. The van der Waals surface area contributed by atoms with Gasteiger partial charge >= 0.3 is 0 Å². The van der Waals surface area contributed by atoms with E-state index in [2.05, 4.69) is 0 Å². The molecule has 0 spiro atoms. The molecule has 106 valence electrons. The first-order valence-corrected chi connectivity index (χ1v) is 7.90. The number of amides is 1. The molecule has 7 heteroatoms. The summed E-state index contributed by atoms with van der Waals surface area (Å²) in [5, 5.41) is 10.0. The van der Waals surface area contributed by atoms with Crippen LogP contribution in [0.5, 0.6) is 0 Å². The minimum absolute atomic E-state index is 0.00839. The number of likely N-dealkylation sites (tertiary alicyclic amines) is 1. The van der Waals surface area contributed by atoms with Crippen LogP contribution >= 0.6 is 0 Å². The van der Waals surface area contributed by atoms with Gasteiger partial charge in [-0.3, -0.25) is 9.69 Å². The quantitative estimate of drug-likeness (QED) is 0.621. The number of hydrogen-bond acceptors (Lipinski definition) is 5.